The molecule has 0 spiro atoms. The average molecular weight is 288 g/mol. The molecular formula is C13H10BrN3. The number of pyridine rings is 1. The minimum atomic E-state index is 0.726. The summed E-state index contributed by atoms with van der Waals surface area (Å²) in [6.45, 7) is 0. The number of nitrogen functional groups attached to an aromatic ring is 1. The lowest BCUT2D eigenvalue weighted by Crippen LogP contribution is -1.99. The quantitative estimate of drug-likeness (QED) is 0.746. The van der Waals surface area contributed by atoms with Crippen LogP contribution < -0.4 is 5.73 Å². The molecule has 0 saturated carbocycles. The summed E-state index contributed by atoms with van der Waals surface area (Å²) in [4.78, 5) is 4.02. The zero-order valence-electron chi connectivity index (χ0n) is 8.97. The van der Waals surface area contributed by atoms with Crippen LogP contribution in [0.4, 0.5) is 5.82 Å². The molecule has 0 amide bonds. The van der Waals surface area contributed by atoms with Crippen LogP contribution in [0.5, 0.6) is 0 Å². The molecule has 2 aromatic heterocycles. The molecule has 0 radical (unpaired) electrons. The maximum atomic E-state index is 6.06. The van der Waals surface area contributed by atoms with Crippen LogP contribution in [0.25, 0.3) is 16.6 Å². The van der Waals surface area contributed by atoms with Crippen molar-refractivity contribution in [3.05, 3.63) is 53.3 Å². The molecular weight excluding hydrogens is 278 g/mol. The zero-order chi connectivity index (χ0) is 11.8. The van der Waals surface area contributed by atoms with E-state index in [9.17, 15) is 0 Å². The molecule has 17 heavy (non-hydrogen) atoms. The van der Waals surface area contributed by atoms with Crippen molar-refractivity contribution in [3.8, 4) is 5.69 Å². The Balaban J connectivity index is 2.33. The van der Waals surface area contributed by atoms with Crippen LogP contribution in [0.15, 0.2) is 53.3 Å². The van der Waals surface area contributed by atoms with Crippen molar-refractivity contribution < 1.29 is 0 Å². The van der Waals surface area contributed by atoms with Gasteiger partial charge >= 0.3 is 0 Å². The molecule has 0 unspecified atom stereocenters. The Kier molecular flexibility index (Phi) is 2.37. The van der Waals surface area contributed by atoms with Crippen molar-refractivity contribution in [3.63, 3.8) is 0 Å². The molecule has 0 fully saturated rings. The highest BCUT2D eigenvalue weighted by Crippen LogP contribution is 2.27. The number of hydrogen-bond acceptors (Lipinski definition) is 2. The predicted molar refractivity (Wildman–Crippen MR) is 73.2 cm³/mol. The van der Waals surface area contributed by atoms with Crippen LogP contribution in [0.1, 0.15) is 0 Å². The van der Waals surface area contributed by atoms with E-state index < -0.39 is 0 Å². The molecule has 3 nitrogen and oxygen atoms in total. The molecule has 1 aromatic carbocycles. The zero-order valence-corrected chi connectivity index (χ0v) is 10.6. The fourth-order valence-corrected chi connectivity index (χ4v) is 2.37. The molecule has 0 atom stereocenters. The Labute approximate surface area is 107 Å². The standard InChI is InChI=1S/C13H10BrN3/c14-10-1-2-12-9(7-10)8-13(15)17(12)11-3-5-16-6-4-11/h1-8H,15H2. The highest BCUT2D eigenvalue weighted by atomic mass is 79.9. The van der Waals surface area contributed by atoms with Crippen molar-refractivity contribution in [2.45, 2.75) is 0 Å². The molecule has 2 N–H and O–H groups in total. The van der Waals surface area contributed by atoms with Crippen molar-refractivity contribution in [2.24, 2.45) is 0 Å². The van der Waals surface area contributed by atoms with E-state index in [2.05, 4.69) is 33.0 Å². The predicted octanol–water partition coefficient (Wildman–Crippen LogP) is 3.37. The van der Waals surface area contributed by atoms with E-state index >= 15 is 0 Å². The third-order valence-electron chi connectivity index (χ3n) is 2.71. The van der Waals surface area contributed by atoms with Gasteiger partial charge in [-0.2, -0.15) is 0 Å². The Morgan fingerprint density at radius 2 is 1.82 bits per heavy atom. The summed E-state index contributed by atoms with van der Waals surface area (Å²) < 4.78 is 3.07. The molecule has 0 aliphatic heterocycles. The van der Waals surface area contributed by atoms with Gasteiger partial charge in [0, 0.05) is 22.3 Å². The Hall–Kier alpha value is -1.81. The number of anilines is 1. The molecule has 2 heterocycles. The summed E-state index contributed by atoms with van der Waals surface area (Å²) >= 11 is 3.46. The van der Waals surface area contributed by atoms with Gasteiger partial charge in [0.05, 0.1) is 11.2 Å². The summed E-state index contributed by atoms with van der Waals surface area (Å²) in [7, 11) is 0. The van der Waals surface area contributed by atoms with Gasteiger partial charge in [-0.1, -0.05) is 15.9 Å². The SMILES string of the molecule is Nc1cc2cc(Br)ccc2n1-c1ccncc1. The number of nitrogens with zero attached hydrogens (tertiary/aromatic N) is 2. The second-order valence-corrected chi connectivity index (χ2v) is 4.73. The lowest BCUT2D eigenvalue weighted by atomic mass is 10.2. The fraction of sp³-hybridized carbons (Fsp3) is 0. The molecule has 0 aliphatic rings. The van der Waals surface area contributed by atoms with E-state index in [1.165, 1.54) is 0 Å². The topological polar surface area (TPSA) is 43.8 Å². The third kappa shape index (κ3) is 1.70. The van der Waals surface area contributed by atoms with Gasteiger partial charge in [0.1, 0.15) is 5.82 Å². The van der Waals surface area contributed by atoms with Crippen molar-refractivity contribution in [2.75, 3.05) is 5.73 Å². The minimum absolute atomic E-state index is 0.726. The lowest BCUT2D eigenvalue weighted by Gasteiger charge is -2.07. The molecule has 0 saturated heterocycles. The summed E-state index contributed by atoms with van der Waals surface area (Å²) in [6.07, 6.45) is 3.53. The van der Waals surface area contributed by atoms with Crippen molar-refractivity contribution in [1.29, 1.82) is 0 Å². The first-order chi connectivity index (χ1) is 8.25. The van der Waals surface area contributed by atoms with Gasteiger partial charge in [-0.3, -0.25) is 9.55 Å². The van der Waals surface area contributed by atoms with E-state index in [-0.39, 0.29) is 0 Å². The van der Waals surface area contributed by atoms with Gasteiger partial charge in [0.2, 0.25) is 0 Å². The van der Waals surface area contributed by atoms with E-state index in [1.54, 1.807) is 12.4 Å². The first-order valence-electron chi connectivity index (χ1n) is 5.22. The first kappa shape index (κ1) is 10.4. The molecule has 3 rings (SSSR count). The highest BCUT2D eigenvalue weighted by molar-refractivity contribution is 9.10. The maximum Gasteiger partial charge on any atom is 0.108 e. The molecule has 3 aromatic rings. The third-order valence-corrected chi connectivity index (χ3v) is 3.21. The minimum Gasteiger partial charge on any atom is -0.385 e. The normalized spacial score (nSPS) is 10.9. The number of aromatic nitrogens is 2. The Morgan fingerprint density at radius 1 is 1.06 bits per heavy atom. The number of nitrogens with two attached hydrogens (primary N) is 1. The summed E-state index contributed by atoms with van der Waals surface area (Å²) in [6, 6.07) is 12.0. The number of hydrogen-bond donors (Lipinski definition) is 1. The van der Waals surface area contributed by atoms with E-state index in [4.69, 9.17) is 5.73 Å². The van der Waals surface area contributed by atoms with Crippen LogP contribution in [-0.2, 0) is 0 Å². The van der Waals surface area contributed by atoms with Gasteiger partial charge in [-0.25, -0.2) is 0 Å². The van der Waals surface area contributed by atoms with Crippen LogP contribution in [0, 0.1) is 0 Å². The maximum absolute atomic E-state index is 6.06. The number of rotatable bonds is 1. The van der Waals surface area contributed by atoms with E-state index in [1.807, 2.05) is 28.8 Å². The smallest absolute Gasteiger partial charge is 0.108 e. The molecule has 4 heteroatoms. The van der Waals surface area contributed by atoms with Crippen LogP contribution in [0.3, 0.4) is 0 Å². The van der Waals surface area contributed by atoms with Crippen molar-refractivity contribution >= 4 is 32.7 Å². The number of benzene rings is 1. The molecule has 0 bridgehead atoms. The summed E-state index contributed by atoms with van der Waals surface area (Å²) in [5.74, 6) is 0.726. The second kappa shape index (κ2) is 3.89. The number of fused-ring (bicyclic) bond motifs is 1. The second-order valence-electron chi connectivity index (χ2n) is 3.81. The van der Waals surface area contributed by atoms with Gasteiger partial charge < -0.3 is 5.73 Å². The number of halogens is 1. The van der Waals surface area contributed by atoms with Crippen LogP contribution in [0.2, 0.25) is 0 Å². The fourth-order valence-electron chi connectivity index (χ4n) is 1.99. The monoisotopic (exact) mass is 287 g/mol. The van der Waals surface area contributed by atoms with E-state index in [0.717, 1.165) is 26.9 Å². The largest absolute Gasteiger partial charge is 0.385 e. The molecule has 0 aliphatic carbocycles. The van der Waals surface area contributed by atoms with Gasteiger partial charge in [0.15, 0.2) is 0 Å². The van der Waals surface area contributed by atoms with Gasteiger partial charge in [-0.15, -0.1) is 0 Å². The van der Waals surface area contributed by atoms with Crippen molar-refractivity contribution in [1.82, 2.24) is 9.55 Å². The lowest BCUT2D eigenvalue weighted by molar-refractivity contribution is 1.12. The van der Waals surface area contributed by atoms with Gasteiger partial charge in [-0.05, 0) is 36.4 Å². The summed E-state index contributed by atoms with van der Waals surface area (Å²) in [5, 5.41) is 1.12. The van der Waals surface area contributed by atoms with Crippen LogP contribution in [-0.4, -0.2) is 9.55 Å². The highest BCUT2D eigenvalue weighted by Gasteiger charge is 2.07. The van der Waals surface area contributed by atoms with Gasteiger partial charge in [0.25, 0.3) is 0 Å². The first-order valence-corrected chi connectivity index (χ1v) is 6.02. The van der Waals surface area contributed by atoms with Crippen LogP contribution >= 0.6 is 15.9 Å². The summed E-state index contributed by atoms with van der Waals surface area (Å²) in [5.41, 5.74) is 8.18. The Morgan fingerprint density at radius 3 is 2.59 bits per heavy atom. The molecule has 84 valence electrons. The van der Waals surface area contributed by atoms with E-state index in [0.29, 0.717) is 0 Å². The average Bonchev–Trinajstić information content (AvgIpc) is 2.65. The Bertz CT molecular complexity index is 674.